The first-order valence-corrected chi connectivity index (χ1v) is 7.82. The van der Waals surface area contributed by atoms with E-state index >= 15 is 0 Å². The average molecular weight is 336 g/mol. The summed E-state index contributed by atoms with van der Waals surface area (Å²) in [5, 5.41) is 9.67. The van der Waals surface area contributed by atoms with Gasteiger partial charge < -0.3 is 24.4 Å². The molecule has 0 aliphatic carbocycles. The number of anilines is 1. The third-order valence-corrected chi connectivity index (χ3v) is 3.67. The van der Waals surface area contributed by atoms with Crippen LogP contribution in [0.5, 0.6) is 5.75 Å². The van der Waals surface area contributed by atoms with Gasteiger partial charge in [0.2, 0.25) is 0 Å². The maximum Gasteiger partial charge on any atom is 0.410 e. The van der Waals surface area contributed by atoms with Crippen LogP contribution in [0, 0.1) is 0 Å². The SMILES string of the molecule is COC(=O)C1CN(C(=O)OC(C)(C)C)CCN1c1cccc(O)c1. The Morgan fingerprint density at radius 3 is 2.54 bits per heavy atom. The highest BCUT2D eigenvalue weighted by molar-refractivity contribution is 5.82. The van der Waals surface area contributed by atoms with Crippen molar-refractivity contribution >= 4 is 17.7 Å². The Labute approximate surface area is 141 Å². The number of carbonyl (C=O) groups is 2. The average Bonchev–Trinajstić information content (AvgIpc) is 2.52. The molecule has 1 atom stereocenters. The van der Waals surface area contributed by atoms with E-state index in [9.17, 15) is 14.7 Å². The molecule has 0 radical (unpaired) electrons. The highest BCUT2D eigenvalue weighted by atomic mass is 16.6. The number of carbonyl (C=O) groups excluding carboxylic acids is 2. The second-order valence-corrected chi connectivity index (χ2v) is 6.68. The summed E-state index contributed by atoms with van der Waals surface area (Å²) < 4.78 is 10.3. The van der Waals surface area contributed by atoms with Crippen LogP contribution in [0.2, 0.25) is 0 Å². The summed E-state index contributed by atoms with van der Waals surface area (Å²) in [6, 6.07) is 6.00. The normalized spacial score (nSPS) is 18.2. The van der Waals surface area contributed by atoms with Gasteiger partial charge in [-0.25, -0.2) is 9.59 Å². The molecule has 7 heteroatoms. The van der Waals surface area contributed by atoms with Gasteiger partial charge in [-0.3, -0.25) is 0 Å². The molecule has 0 spiro atoms. The van der Waals surface area contributed by atoms with Crippen molar-refractivity contribution in [3.05, 3.63) is 24.3 Å². The topological polar surface area (TPSA) is 79.3 Å². The minimum Gasteiger partial charge on any atom is -0.508 e. The monoisotopic (exact) mass is 336 g/mol. The van der Waals surface area contributed by atoms with Crippen molar-refractivity contribution in [3.8, 4) is 5.75 Å². The van der Waals surface area contributed by atoms with Gasteiger partial charge in [0.1, 0.15) is 17.4 Å². The van der Waals surface area contributed by atoms with E-state index in [4.69, 9.17) is 9.47 Å². The summed E-state index contributed by atoms with van der Waals surface area (Å²) in [6.45, 7) is 6.40. The quantitative estimate of drug-likeness (QED) is 0.832. The molecule has 0 saturated carbocycles. The van der Waals surface area contributed by atoms with Crippen LogP contribution in [-0.2, 0) is 14.3 Å². The Morgan fingerprint density at radius 2 is 1.96 bits per heavy atom. The third-order valence-electron chi connectivity index (χ3n) is 3.67. The molecule has 1 aromatic carbocycles. The van der Waals surface area contributed by atoms with Crippen molar-refractivity contribution < 1.29 is 24.2 Å². The van der Waals surface area contributed by atoms with E-state index in [2.05, 4.69) is 0 Å². The fraction of sp³-hybridized carbons (Fsp3) is 0.529. The van der Waals surface area contributed by atoms with Crippen LogP contribution in [0.15, 0.2) is 24.3 Å². The molecular formula is C17H24N2O5. The Bertz CT molecular complexity index is 611. The van der Waals surface area contributed by atoms with E-state index < -0.39 is 23.7 Å². The van der Waals surface area contributed by atoms with Crippen LogP contribution in [-0.4, -0.2) is 60.5 Å². The number of piperazine rings is 1. The molecule has 1 fully saturated rings. The van der Waals surface area contributed by atoms with Gasteiger partial charge in [-0.1, -0.05) is 6.07 Å². The summed E-state index contributed by atoms with van der Waals surface area (Å²) in [5.74, 6) is -0.322. The van der Waals surface area contributed by atoms with Gasteiger partial charge in [0.25, 0.3) is 0 Å². The van der Waals surface area contributed by atoms with Gasteiger partial charge in [0.15, 0.2) is 0 Å². The number of hydrogen-bond donors (Lipinski definition) is 1. The lowest BCUT2D eigenvalue weighted by atomic mass is 10.1. The molecule has 1 aliphatic heterocycles. The van der Waals surface area contributed by atoms with Crippen molar-refractivity contribution in [1.29, 1.82) is 0 Å². The molecule has 1 aliphatic rings. The summed E-state index contributed by atoms with van der Waals surface area (Å²) in [7, 11) is 1.31. The third kappa shape index (κ3) is 4.31. The molecule has 1 unspecified atom stereocenters. The molecular weight excluding hydrogens is 312 g/mol. The van der Waals surface area contributed by atoms with Crippen LogP contribution in [0.3, 0.4) is 0 Å². The number of phenolic OH excluding ortho intramolecular Hbond substituents is 1. The number of phenols is 1. The fourth-order valence-electron chi connectivity index (χ4n) is 2.59. The van der Waals surface area contributed by atoms with Crippen LogP contribution >= 0.6 is 0 Å². The number of ether oxygens (including phenoxy) is 2. The second-order valence-electron chi connectivity index (χ2n) is 6.68. The smallest absolute Gasteiger partial charge is 0.410 e. The second kappa shape index (κ2) is 6.98. The van der Waals surface area contributed by atoms with Gasteiger partial charge in [0.05, 0.1) is 13.7 Å². The van der Waals surface area contributed by atoms with Gasteiger partial charge in [-0.15, -0.1) is 0 Å². The Morgan fingerprint density at radius 1 is 1.25 bits per heavy atom. The molecule has 0 bridgehead atoms. The molecule has 7 nitrogen and oxygen atoms in total. The van der Waals surface area contributed by atoms with E-state index in [1.807, 2.05) is 4.90 Å². The molecule has 0 aromatic heterocycles. The van der Waals surface area contributed by atoms with Crippen LogP contribution in [0.1, 0.15) is 20.8 Å². The van der Waals surface area contributed by atoms with Crippen molar-refractivity contribution in [2.75, 3.05) is 31.6 Å². The van der Waals surface area contributed by atoms with Crippen LogP contribution in [0.25, 0.3) is 0 Å². The van der Waals surface area contributed by atoms with Crippen molar-refractivity contribution in [1.82, 2.24) is 4.90 Å². The molecule has 132 valence electrons. The number of benzene rings is 1. The maximum absolute atomic E-state index is 12.3. The predicted octanol–water partition coefficient (Wildman–Crippen LogP) is 1.99. The zero-order chi connectivity index (χ0) is 17.9. The maximum atomic E-state index is 12.3. The van der Waals surface area contributed by atoms with E-state index in [0.717, 1.165) is 0 Å². The van der Waals surface area contributed by atoms with Crippen molar-refractivity contribution in [3.63, 3.8) is 0 Å². The first kappa shape index (κ1) is 17.9. The summed E-state index contributed by atoms with van der Waals surface area (Å²) in [5.41, 5.74) is 0.106. The summed E-state index contributed by atoms with van der Waals surface area (Å²) >= 11 is 0. The number of methoxy groups -OCH3 is 1. The van der Waals surface area contributed by atoms with Crippen molar-refractivity contribution in [2.45, 2.75) is 32.4 Å². The van der Waals surface area contributed by atoms with Gasteiger partial charge in [0, 0.05) is 24.8 Å². The lowest BCUT2D eigenvalue weighted by molar-refractivity contribution is -0.143. The number of amides is 1. The van der Waals surface area contributed by atoms with E-state index in [-0.39, 0.29) is 12.3 Å². The number of esters is 1. The molecule has 1 aromatic rings. The molecule has 24 heavy (non-hydrogen) atoms. The fourth-order valence-corrected chi connectivity index (χ4v) is 2.59. The Hall–Kier alpha value is -2.44. The lowest BCUT2D eigenvalue weighted by Crippen LogP contribution is -2.58. The predicted molar refractivity (Wildman–Crippen MR) is 89.1 cm³/mol. The summed E-state index contributed by atoms with van der Waals surface area (Å²) in [6.07, 6.45) is -0.452. The molecule has 1 N–H and O–H groups in total. The lowest BCUT2D eigenvalue weighted by Gasteiger charge is -2.41. The van der Waals surface area contributed by atoms with E-state index in [1.165, 1.54) is 12.0 Å². The largest absolute Gasteiger partial charge is 0.508 e. The van der Waals surface area contributed by atoms with Crippen molar-refractivity contribution in [2.24, 2.45) is 0 Å². The van der Waals surface area contributed by atoms with Gasteiger partial charge in [-0.2, -0.15) is 0 Å². The number of hydrogen-bond acceptors (Lipinski definition) is 6. The Balaban J connectivity index is 2.19. The first-order valence-electron chi connectivity index (χ1n) is 7.82. The van der Waals surface area contributed by atoms with Crippen LogP contribution < -0.4 is 4.90 Å². The molecule has 1 amide bonds. The highest BCUT2D eigenvalue weighted by Gasteiger charge is 2.36. The zero-order valence-electron chi connectivity index (χ0n) is 14.5. The highest BCUT2D eigenvalue weighted by Crippen LogP contribution is 2.25. The van der Waals surface area contributed by atoms with Gasteiger partial charge >= 0.3 is 12.1 Å². The van der Waals surface area contributed by atoms with Crippen LogP contribution in [0.4, 0.5) is 10.5 Å². The number of nitrogens with zero attached hydrogens (tertiary/aromatic N) is 2. The van der Waals surface area contributed by atoms with E-state index in [1.54, 1.807) is 45.0 Å². The summed E-state index contributed by atoms with van der Waals surface area (Å²) in [4.78, 5) is 27.8. The molecule has 2 rings (SSSR count). The minimum atomic E-state index is -0.655. The molecule has 1 heterocycles. The number of rotatable bonds is 2. The van der Waals surface area contributed by atoms with E-state index in [0.29, 0.717) is 18.8 Å². The minimum absolute atomic E-state index is 0.116. The standard InChI is InChI=1S/C17H24N2O5/c1-17(2,3)24-16(22)18-8-9-19(14(11-18)15(21)23-4)12-6-5-7-13(20)10-12/h5-7,10,14,20H,8-9,11H2,1-4H3. The number of aromatic hydroxyl groups is 1. The zero-order valence-corrected chi connectivity index (χ0v) is 14.5. The Kier molecular flexibility index (Phi) is 5.21. The molecule has 1 saturated heterocycles. The van der Waals surface area contributed by atoms with Gasteiger partial charge in [-0.05, 0) is 32.9 Å². The first-order chi connectivity index (χ1) is 11.2.